The number of fused-ring (bicyclic) bond motifs is 1. The fourth-order valence-electron chi connectivity index (χ4n) is 3.11. The summed E-state index contributed by atoms with van der Waals surface area (Å²) in [6, 6.07) is 3.98. The first-order valence-corrected chi connectivity index (χ1v) is 7.57. The van der Waals surface area contributed by atoms with E-state index in [9.17, 15) is 9.90 Å². The molecule has 21 heavy (non-hydrogen) atoms. The van der Waals surface area contributed by atoms with Gasteiger partial charge < -0.3 is 15.4 Å². The van der Waals surface area contributed by atoms with Gasteiger partial charge in [-0.1, -0.05) is 25.5 Å². The van der Waals surface area contributed by atoms with Crippen molar-refractivity contribution in [2.24, 2.45) is 5.73 Å². The van der Waals surface area contributed by atoms with E-state index in [4.69, 9.17) is 5.73 Å². The minimum Gasteiger partial charge on any atom is -0.478 e. The van der Waals surface area contributed by atoms with Crippen LogP contribution in [0, 0.1) is 13.8 Å². The van der Waals surface area contributed by atoms with Gasteiger partial charge in [0.25, 0.3) is 0 Å². The Morgan fingerprint density at radius 1 is 1.33 bits per heavy atom. The number of carboxylic acid groups (broad SMARTS) is 1. The number of benzene rings is 1. The Labute approximate surface area is 125 Å². The number of aryl methyl sites for hydroxylation is 3. The SMILES string of the molecule is CCCc1c(C)n(CCCN)c2c(C(=O)O)c(C)ccc12. The predicted octanol–water partition coefficient (Wildman–Crippen LogP) is 3.26. The minimum atomic E-state index is -0.854. The van der Waals surface area contributed by atoms with E-state index in [1.54, 1.807) is 0 Å². The Morgan fingerprint density at radius 3 is 2.62 bits per heavy atom. The summed E-state index contributed by atoms with van der Waals surface area (Å²) < 4.78 is 2.14. The molecule has 0 aliphatic carbocycles. The van der Waals surface area contributed by atoms with Crippen LogP contribution in [0.2, 0.25) is 0 Å². The van der Waals surface area contributed by atoms with Crippen molar-refractivity contribution in [2.75, 3.05) is 6.54 Å². The van der Waals surface area contributed by atoms with Gasteiger partial charge in [0, 0.05) is 17.6 Å². The highest BCUT2D eigenvalue weighted by molar-refractivity contribution is 6.05. The molecule has 0 aliphatic heterocycles. The first-order chi connectivity index (χ1) is 10.0. The number of aromatic carboxylic acids is 1. The van der Waals surface area contributed by atoms with E-state index in [0.29, 0.717) is 12.1 Å². The zero-order chi connectivity index (χ0) is 15.6. The lowest BCUT2D eigenvalue weighted by Gasteiger charge is -2.11. The summed E-state index contributed by atoms with van der Waals surface area (Å²) in [5, 5.41) is 10.7. The highest BCUT2D eigenvalue weighted by atomic mass is 16.4. The van der Waals surface area contributed by atoms with Crippen molar-refractivity contribution in [1.29, 1.82) is 0 Å². The minimum absolute atomic E-state index is 0.426. The molecule has 2 aromatic rings. The molecule has 1 aromatic heterocycles. The summed E-state index contributed by atoms with van der Waals surface area (Å²) in [6.45, 7) is 7.47. The maximum Gasteiger partial charge on any atom is 0.338 e. The Hall–Kier alpha value is -1.81. The fourth-order valence-corrected chi connectivity index (χ4v) is 3.11. The molecule has 0 saturated heterocycles. The van der Waals surface area contributed by atoms with Crippen molar-refractivity contribution < 1.29 is 9.90 Å². The lowest BCUT2D eigenvalue weighted by atomic mass is 10.0. The second kappa shape index (κ2) is 6.31. The van der Waals surface area contributed by atoms with E-state index in [1.165, 1.54) is 11.3 Å². The fraction of sp³-hybridized carbons (Fsp3) is 0.471. The number of nitrogens with two attached hydrogens (primary N) is 1. The number of carboxylic acids is 1. The third-order valence-corrected chi connectivity index (χ3v) is 4.12. The Morgan fingerprint density at radius 2 is 2.05 bits per heavy atom. The maximum absolute atomic E-state index is 11.7. The average Bonchev–Trinajstić information content (AvgIpc) is 2.69. The van der Waals surface area contributed by atoms with E-state index in [1.807, 2.05) is 13.0 Å². The van der Waals surface area contributed by atoms with Crippen LogP contribution in [0.25, 0.3) is 10.9 Å². The van der Waals surface area contributed by atoms with Crippen LogP contribution < -0.4 is 5.73 Å². The molecular weight excluding hydrogens is 264 g/mol. The Balaban J connectivity index is 2.81. The van der Waals surface area contributed by atoms with E-state index in [-0.39, 0.29) is 0 Å². The molecule has 0 saturated carbocycles. The van der Waals surface area contributed by atoms with Gasteiger partial charge in [0.2, 0.25) is 0 Å². The van der Waals surface area contributed by atoms with Crippen LogP contribution in [-0.2, 0) is 13.0 Å². The summed E-state index contributed by atoms with van der Waals surface area (Å²) in [4.78, 5) is 11.7. The molecule has 0 amide bonds. The Kier molecular flexibility index (Phi) is 4.68. The van der Waals surface area contributed by atoms with Crippen molar-refractivity contribution in [1.82, 2.24) is 4.57 Å². The summed E-state index contributed by atoms with van der Waals surface area (Å²) in [6.07, 6.45) is 2.87. The van der Waals surface area contributed by atoms with Gasteiger partial charge >= 0.3 is 5.97 Å². The third kappa shape index (κ3) is 2.68. The number of rotatable bonds is 6. The van der Waals surface area contributed by atoms with E-state index >= 15 is 0 Å². The molecule has 1 aromatic carbocycles. The van der Waals surface area contributed by atoms with Gasteiger partial charge in [-0.2, -0.15) is 0 Å². The smallest absolute Gasteiger partial charge is 0.338 e. The molecule has 4 heteroatoms. The lowest BCUT2D eigenvalue weighted by molar-refractivity contribution is 0.0698. The lowest BCUT2D eigenvalue weighted by Crippen LogP contribution is -2.10. The summed E-state index contributed by atoms with van der Waals surface area (Å²) in [5.41, 5.74) is 10.2. The summed E-state index contributed by atoms with van der Waals surface area (Å²) in [7, 11) is 0. The van der Waals surface area contributed by atoms with Crippen LogP contribution in [0.3, 0.4) is 0 Å². The largest absolute Gasteiger partial charge is 0.478 e. The van der Waals surface area contributed by atoms with Crippen molar-refractivity contribution in [3.8, 4) is 0 Å². The summed E-state index contributed by atoms with van der Waals surface area (Å²) >= 11 is 0. The predicted molar refractivity (Wildman–Crippen MR) is 86.0 cm³/mol. The van der Waals surface area contributed by atoms with Crippen molar-refractivity contribution in [2.45, 2.75) is 46.6 Å². The molecule has 0 spiro atoms. The molecule has 3 N–H and O–H groups in total. The first-order valence-electron chi connectivity index (χ1n) is 7.57. The highest BCUT2D eigenvalue weighted by Gasteiger charge is 2.20. The second-order valence-electron chi connectivity index (χ2n) is 5.57. The third-order valence-electron chi connectivity index (χ3n) is 4.12. The monoisotopic (exact) mass is 288 g/mol. The Bertz CT molecular complexity index is 671. The van der Waals surface area contributed by atoms with Crippen LogP contribution in [0.5, 0.6) is 0 Å². The molecule has 0 radical (unpaired) electrons. The van der Waals surface area contributed by atoms with Crippen LogP contribution in [0.15, 0.2) is 12.1 Å². The van der Waals surface area contributed by atoms with Crippen LogP contribution >= 0.6 is 0 Å². The van der Waals surface area contributed by atoms with Gasteiger partial charge in [-0.05, 0) is 44.4 Å². The van der Waals surface area contributed by atoms with Gasteiger partial charge in [0.15, 0.2) is 0 Å². The molecular formula is C17H24N2O2. The van der Waals surface area contributed by atoms with Crippen molar-refractivity contribution in [3.05, 3.63) is 34.5 Å². The van der Waals surface area contributed by atoms with E-state index < -0.39 is 5.97 Å². The van der Waals surface area contributed by atoms with Crippen molar-refractivity contribution >= 4 is 16.9 Å². The van der Waals surface area contributed by atoms with E-state index in [0.717, 1.165) is 42.3 Å². The van der Waals surface area contributed by atoms with Gasteiger partial charge in [-0.25, -0.2) is 4.79 Å². The topological polar surface area (TPSA) is 68.2 Å². The van der Waals surface area contributed by atoms with Crippen LogP contribution in [0.4, 0.5) is 0 Å². The zero-order valence-corrected chi connectivity index (χ0v) is 13.1. The number of aromatic nitrogens is 1. The second-order valence-corrected chi connectivity index (χ2v) is 5.57. The number of carbonyl (C=O) groups is 1. The average molecular weight is 288 g/mol. The first kappa shape index (κ1) is 15.6. The van der Waals surface area contributed by atoms with Gasteiger partial charge in [0.05, 0.1) is 11.1 Å². The number of nitrogens with zero attached hydrogens (tertiary/aromatic N) is 1. The van der Waals surface area contributed by atoms with Gasteiger partial charge in [0.1, 0.15) is 0 Å². The number of hydrogen-bond donors (Lipinski definition) is 2. The molecule has 114 valence electrons. The zero-order valence-electron chi connectivity index (χ0n) is 13.1. The number of hydrogen-bond acceptors (Lipinski definition) is 2. The molecule has 0 bridgehead atoms. The molecule has 4 nitrogen and oxygen atoms in total. The maximum atomic E-state index is 11.7. The molecule has 0 fully saturated rings. The molecule has 1 heterocycles. The van der Waals surface area contributed by atoms with Crippen molar-refractivity contribution in [3.63, 3.8) is 0 Å². The van der Waals surface area contributed by atoms with Gasteiger partial charge in [-0.15, -0.1) is 0 Å². The normalized spacial score (nSPS) is 11.2. The highest BCUT2D eigenvalue weighted by Crippen LogP contribution is 2.31. The van der Waals surface area contributed by atoms with Crippen LogP contribution in [0.1, 0.15) is 46.9 Å². The molecule has 0 unspecified atom stereocenters. The molecule has 0 atom stereocenters. The van der Waals surface area contributed by atoms with E-state index in [2.05, 4.69) is 24.5 Å². The molecule has 2 rings (SSSR count). The van der Waals surface area contributed by atoms with Crippen LogP contribution in [-0.4, -0.2) is 22.2 Å². The molecule has 0 aliphatic rings. The quantitative estimate of drug-likeness (QED) is 0.857. The standard InChI is InChI=1S/C17H24N2O2/c1-4-6-13-12(3)19(10-5-9-18)16-14(13)8-7-11(2)15(16)17(20)21/h7-8H,4-6,9-10,18H2,1-3H3,(H,20,21). The summed E-state index contributed by atoms with van der Waals surface area (Å²) in [5.74, 6) is -0.854. The van der Waals surface area contributed by atoms with Gasteiger partial charge in [-0.3, -0.25) is 0 Å².